The van der Waals surface area contributed by atoms with Crippen LogP contribution in [-0.4, -0.2) is 24.6 Å². The standard InChI is InChI=1S/C29H46N2O/c1-18(2)7-6-8-19(3)21-9-10-22-20-17-25(32)26-27-24(30-15-16-31-27)12-14-29(26,5)23(20)11-13-28(21,22)4/h18-23,31H,6-17H2,1-5H3/t19-,20+,21-,22+,23+,28-,29-/m1/s1. The topological polar surface area (TPSA) is 41.5 Å². The van der Waals surface area contributed by atoms with Crippen molar-refractivity contribution in [3.63, 3.8) is 0 Å². The lowest BCUT2D eigenvalue weighted by Gasteiger charge is -2.58. The summed E-state index contributed by atoms with van der Waals surface area (Å²) in [6.07, 6.45) is 12.6. The molecule has 0 unspecified atom stereocenters. The lowest BCUT2D eigenvalue weighted by atomic mass is 9.46. The van der Waals surface area contributed by atoms with Crippen LogP contribution in [0, 0.1) is 46.3 Å². The van der Waals surface area contributed by atoms with Crippen molar-refractivity contribution < 1.29 is 4.79 Å². The van der Waals surface area contributed by atoms with Crippen molar-refractivity contribution in [2.75, 3.05) is 13.1 Å². The molecule has 0 radical (unpaired) electrons. The second kappa shape index (κ2) is 8.27. The van der Waals surface area contributed by atoms with E-state index in [9.17, 15) is 4.79 Å². The molecule has 1 aliphatic heterocycles. The minimum Gasteiger partial charge on any atom is -0.381 e. The molecule has 3 nitrogen and oxygen atoms in total. The van der Waals surface area contributed by atoms with Crippen LogP contribution >= 0.6 is 0 Å². The van der Waals surface area contributed by atoms with Gasteiger partial charge in [0.1, 0.15) is 0 Å². The maximum Gasteiger partial charge on any atom is 0.161 e. The van der Waals surface area contributed by atoms with Gasteiger partial charge in [-0.2, -0.15) is 0 Å². The molecule has 7 atom stereocenters. The second-order valence-corrected chi connectivity index (χ2v) is 13.0. The first kappa shape index (κ1) is 22.7. The summed E-state index contributed by atoms with van der Waals surface area (Å²) in [5.74, 6) is 4.98. The molecule has 4 aliphatic carbocycles. The zero-order valence-electron chi connectivity index (χ0n) is 21.3. The highest BCUT2D eigenvalue weighted by atomic mass is 16.1. The molecule has 0 bridgehead atoms. The molecule has 32 heavy (non-hydrogen) atoms. The molecule has 0 spiro atoms. The molecular formula is C29H46N2O. The largest absolute Gasteiger partial charge is 0.381 e. The Morgan fingerprint density at radius 2 is 1.88 bits per heavy atom. The number of allylic oxidation sites excluding steroid dienone is 2. The van der Waals surface area contributed by atoms with Gasteiger partial charge in [-0.05, 0) is 79.4 Å². The summed E-state index contributed by atoms with van der Waals surface area (Å²) in [7, 11) is 0. The van der Waals surface area contributed by atoms with Gasteiger partial charge < -0.3 is 5.32 Å². The SMILES string of the molecule is CC(C)CCC[C@@H](C)[C@H]1CC[C@H]2[C@@H]3CC(=O)C4=C5NCCN=C5CC[C@]4(C)[C@H]3CC[C@]12C. The van der Waals surface area contributed by atoms with Crippen LogP contribution in [-0.2, 0) is 4.79 Å². The summed E-state index contributed by atoms with van der Waals surface area (Å²) in [4.78, 5) is 18.5. The summed E-state index contributed by atoms with van der Waals surface area (Å²) in [6.45, 7) is 14.1. The molecule has 0 aromatic carbocycles. The highest BCUT2D eigenvalue weighted by Gasteiger charge is 2.61. The molecule has 3 fully saturated rings. The Balaban J connectivity index is 1.39. The number of nitrogens with one attached hydrogen (secondary N) is 1. The van der Waals surface area contributed by atoms with Gasteiger partial charge in [-0.15, -0.1) is 0 Å². The van der Waals surface area contributed by atoms with Crippen molar-refractivity contribution in [3.05, 3.63) is 11.3 Å². The summed E-state index contributed by atoms with van der Waals surface area (Å²) in [6, 6.07) is 0. The van der Waals surface area contributed by atoms with Gasteiger partial charge in [0, 0.05) is 24.0 Å². The zero-order chi connectivity index (χ0) is 22.7. The van der Waals surface area contributed by atoms with Crippen molar-refractivity contribution in [1.82, 2.24) is 5.32 Å². The molecule has 1 heterocycles. The quantitative estimate of drug-likeness (QED) is 0.527. The number of nitrogens with zero attached hydrogens (tertiary/aromatic N) is 1. The first-order valence-electron chi connectivity index (χ1n) is 13.8. The Morgan fingerprint density at radius 3 is 2.66 bits per heavy atom. The molecule has 5 rings (SSSR count). The van der Waals surface area contributed by atoms with Crippen LogP contribution in [0.5, 0.6) is 0 Å². The van der Waals surface area contributed by atoms with E-state index >= 15 is 0 Å². The van der Waals surface area contributed by atoms with Crippen molar-refractivity contribution >= 4 is 11.5 Å². The highest BCUT2D eigenvalue weighted by molar-refractivity contribution is 6.11. The third-order valence-corrected chi connectivity index (χ3v) is 10.9. The molecule has 5 aliphatic rings. The van der Waals surface area contributed by atoms with E-state index in [2.05, 4.69) is 39.9 Å². The van der Waals surface area contributed by atoms with Crippen molar-refractivity contribution in [1.29, 1.82) is 0 Å². The Hall–Kier alpha value is -1.12. The maximum atomic E-state index is 13.7. The van der Waals surface area contributed by atoms with E-state index < -0.39 is 0 Å². The monoisotopic (exact) mass is 438 g/mol. The van der Waals surface area contributed by atoms with Crippen LogP contribution in [0.15, 0.2) is 16.3 Å². The number of hydrogen-bond donors (Lipinski definition) is 1. The zero-order valence-corrected chi connectivity index (χ0v) is 21.3. The summed E-state index contributed by atoms with van der Waals surface area (Å²) in [5.41, 5.74) is 3.98. The fourth-order valence-corrected chi connectivity index (χ4v) is 9.31. The minimum absolute atomic E-state index is 0.0565. The van der Waals surface area contributed by atoms with Crippen molar-refractivity contribution in [3.8, 4) is 0 Å². The lowest BCUT2D eigenvalue weighted by Crippen LogP contribution is -2.55. The predicted molar refractivity (Wildman–Crippen MR) is 133 cm³/mol. The molecular weight excluding hydrogens is 392 g/mol. The fourth-order valence-electron chi connectivity index (χ4n) is 9.31. The number of rotatable bonds is 5. The maximum absolute atomic E-state index is 13.7. The van der Waals surface area contributed by atoms with Gasteiger partial charge in [0.25, 0.3) is 0 Å². The Bertz CT molecular complexity index is 825. The van der Waals surface area contributed by atoms with E-state index in [1.54, 1.807) is 0 Å². The number of fused-ring (bicyclic) bond motifs is 6. The van der Waals surface area contributed by atoms with E-state index in [1.807, 2.05) is 0 Å². The first-order valence-corrected chi connectivity index (χ1v) is 13.8. The number of carbonyl (C=O) groups is 1. The van der Waals surface area contributed by atoms with Gasteiger partial charge in [0.15, 0.2) is 5.78 Å². The van der Waals surface area contributed by atoms with Gasteiger partial charge >= 0.3 is 0 Å². The number of carbonyl (C=O) groups excluding carboxylic acids is 1. The Kier molecular flexibility index (Phi) is 5.86. The summed E-state index contributed by atoms with van der Waals surface area (Å²) < 4.78 is 0. The van der Waals surface area contributed by atoms with Crippen LogP contribution < -0.4 is 5.32 Å². The summed E-state index contributed by atoms with van der Waals surface area (Å²) >= 11 is 0. The van der Waals surface area contributed by atoms with Gasteiger partial charge in [0.2, 0.25) is 0 Å². The highest BCUT2D eigenvalue weighted by Crippen LogP contribution is 2.67. The average molecular weight is 439 g/mol. The molecule has 0 aromatic heterocycles. The third kappa shape index (κ3) is 3.43. The number of Topliss-reactive ketones (excluding diaryl/α,β-unsaturated/α-hetero) is 1. The summed E-state index contributed by atoms with van der Waals surface area (Å²) in [5, 5.41) is 3.60. The van der Waals surface area contributed by atoms with Gasteiger partial charge in [-0.25, -0.2) is 0 Å². The molecule has 0 amide bonds. The molecule has 0 saturated heterocycles. The van der Waals surface area contributed by atoms with Gasteiger partial charge in [-0.1, -0.05) is 53.9 Å². The van der Waals surface area contributed by atoms with Crippen LogP contribution in [0.1, 0.15) is 98.8 Å². The van der Waals surface area contributed by atoms with E-state index in [4.69, 9.17) is 4.99 Å². The van der Waals surface area contributed by atoms with Gasteiger partial charge in [0.05, 0.1) is 18.0 Å². The van der Waals surface area contributed by atoms with Crippen LogP contribution in [0.3, 0.4) is 0 Å². The molecule has 178 valence electrons. The van der Waals surface area contributed by atoms with E-state index in [-0.39, 0.29) is 5.41 Å². The lowest BCUT2D eigenvalue weighted by molar-refractivity contribution is -0.129. The molecule has 3 saturated carbocycles. The second-order valence-electron chi connectivity index (χ2n) is 13.0. The number of aliphatic imine (C=N–C) groups is 1. The fraction of sp³-hybridized carbons (Fsp3) is 0.862. The molecule has 0 aromatic rings. The van der Waals surface area contributed by atoms with E-state index in [1.165, 1.54) is 50.7 Å². The minimum atomic E-state index is 0.0565. The predicted octanol–water partition coefficient (Wildman–Crippen LogP) is 6.58. The van der Waals surface area contributed by atoms with Crippen molar-refractivity contribution in [2.45, 2.75) is 98.8 Å². The van der Waals surface area contributed by atoms with Crippen molar-refractivity contribution in [2.24, 2.45) is 51.3 Å². The molecule has 1 N–H and O–H groups in total. The normalized spacial score (nSPS) is 41.9. The van der Waals surface area contributed by atoms with Gasteiger partial charge in [-0.3, -0.25) is 9.79 Å². The number of hydrogen-bond acceptors (Lipinski definition) is 3. The Morgan fingerprint density at radius 1 is 1.06 bits per heavy atom. The van der Waals surface area contributed by atoms with Crippen LogP contribution in [0.4, 0.5) is 0 Å². The van der Waals surface area contributed by atoms with Crippen LogP contribution in [0.2, 0.25) is 0 Å². The molecule has 3 heteroatoms. The smallest absolute Gasteiger partial charge is 0.161 e. The van der Waals surface area contributed by atoms with Crippen LogP contribution in [0.25, 0.3) is 0 Å². The average Bonchev–Trinajstić information content (AvgIpc) is 3.10. The first-order chi connectivity index (χ1) is 15.3. The number of ketones is 1. The Labute approximate surface area is 196 Å². The van der Waals surface area contributed by atoms with E-state index in [0.29, 0.717) is 23.0 Å². The third-order valence-electron chi connectivity index (χ3n) is 10.9. The van der Waals surface area contributed by atoms with E-state index in [0.717, 1.165) is 67.3 Å².